The number of hydrogen-bond acceptors (Lipinski definition) is 9. The predicted molar refractivity (Wildman–Crippen MR) is 169 cm³/mol. The number of hydrogen-bond donors (Lipinski definition) is 1. The highest BCUT2D eigenvalue weighted by Gasteiger charge is 2.47. The molecule has 2 saturated heterocycles. The Morgan fingerprint density at radius 3 is 2.74 bits per heavy atom. The molecule has 8 rings (SSSR count). The monoisotopic (exact) mass is 640 g/mol. The van der Waals surface area contributed by atoms with Gasteiger partial charge in [-0.05, 0) is 55.3 Å². The topological polar surface area (TPSA) is 126 Å². The summed E-state index contributed by atoms with van der Waals surface area (Å²) < 4.78 is 21.1. The van der Waals surface area contributed by atoms with Crippen LogP contribution in [0, 0.1) is 16.7 Å². The molecule has 4 aliphatic rings. The van der Waals surface area contributed by atoms with Crippen LogP contribution in [0.15, 0.2) is 54.7 Å². The van der Waals surface area contributed by atoms with E-state index in [0.29, 0.717) is 54.9 Å². The highest BCUT2D eigenvalue weighted by atomic mass is 35.5. The van der Waals surface area contributed by atoms with E-state index in [1.807, 2.05) is 25.1 Å². The number of rotatable bonds is 8. The van der Waals surface area contributed by atoms with E-state index in [0.717, 1.165) is 48.5 Å². The number of carbonyl (C=O) groups is 1. The smallest absolute Gasteiger partial charge is 0.335 e. The fourth-order valence-corrected chi connectivity index (χ4v) is 7.30. The van der Waals surface area contributed by atoms with Crippen LogP contribution in [0.25, 0.3) is 11.0 Å². The minimum absolute atomic E-state index is 0.0779. The van der Waals surface area contributed by atoms with Crippen molar-refractivity contribution in [3.8, 4) is 17.6 Å². The van der Waals surface area contributed by atoms with Crippen molar-refractivity contribution in [3.63, 3.8) is 0 Å². The first-order valence-corrected chi connectivity index (χ1v) is 15.9. The van der Waals surface area contributed by atoms with Gasteiger partial charge in [0.25, 0.3) is 5.79 Å². The number of aromatic carboxylic acids is 1. The average molecular weight is 641 g/mol. The molecular formula is C34H33ClN6O5. The molecule has 11 nitrogen and oxygen atoms in total. The summed E-state index contributed by atoms with van der Waals surface area (Å²) in [5, 5.41) is 19.7. The molecule has 46 heavy (non-hydrogen) atoms. The molecule has 0 amide bonds. The molecule has 2 aromatic carbocycles. The number of ether oxygens (including phenoxy) is 3. The molecule has 1 aliphatic carbocycles. The van der Waals surface area contributed by atoms with E-state index in [-0.39, 0.29) is 23.1 Å². The highest BCUT2D eigenvalue weighted by Crippen LogP contribution is 2.51. The number of piperazine rings is 1. The van der Waals surface area contributed by atoms with Gasteiger partial charge in [-0.2, -0.15) is 5.26 Å². The number of pyridine rings is 1. The molecule has 4 aromatic rings. The van der Waals surface area contributed by atoms with Gasteiger partial charge in [-0.1, -0.05) is 17.7 Å². The summed E-state index contributed by atoms with van der Waals surface area (Å²) in [6.07, 6.45) is 4.03. The van der Waals surface area contributed by atoms with E-state index in [9.17, 15) is 15.2 Å². The third-order valence-electron chi connectivity index (χ3n) is 9.90. The van der Waals surface area contributed by atoms with Gasteiger partial charge in [-0.3, -0.25) is 9.88 Å². The molecule has 0 unspecified atom stereocenters. The Morgan fingerprint density at radius 1 is 1.13 bits per heavy atom. The van der Waals surface area contributed by atoms with E-state index in [1.54, 1.807) is 30.5 Å². The molecule has 2 aromatic heterocycles. The lowest BCUT2D eigenvalue weighted by Gasteiger charge is -2.44. The first-order valence-electron chi connectivity index (χ1n) is 15.6. The minimum atomic E-state index is -1.08. The second-order valence-corrected chi connectivity index (χ2v) is 13.3. The number of fused-ring (bicyclic) bond motifs is 3. The summed E-state index contributed by atoms with van der Waals surface area (Å²) in [4.78, 5) is 26.1. The molecule has 236 valence electrons. The van der Waals surface area contributed by atoms with Gasteiger partial charge in [0, 0.05) is 44.6 Å². The number of carboxylic acids is 1. The van der Waals surface area contributed by atoms with Gasteiger partial charge in [0.2, 0.25) is 0 Å². The summed E-state index contributed by atoms with van der Waals surface area (Å²) in [6, 6.07) is 17.2. The summed E-state index contributed by atoms with van der Waals surface area (Å²) in [5.41, 5.74) is 3.30. The van der Waals surface area contributed by atoms with Crippen molar-refractivity contribution in [1.29, 1.82) is 5.26 Å². The number of carboxylic acid groups (broad SMARTS) is 1. The van der Waals surface area contributed by atoms with Gasteiger partial charge >= 0.3 is 5.97 Å². The third kappa shape index (κ3) is 4.92. The van der Waals surface area contributed by atoms with Crippen molar-refractivity contribution in [2.24, 2.45) is 5.41 Å². The van der Waals surface area contributed by atoms with Gasteiger partial charge in [0.05, 0.1) is 65.2 Å². The second-order valence-electron chi connectivity index (χ2n) is 12.9. The maximum Gasteiger partial charge on any atom is 0.335 e. The maximum absolute atomic E-state index is 11.8. The number of nitrogens with zero attached hydrogens (tertiary/aromatic N) is 6. The first-order chi connectivity index (χ1) is 22.3. The average Bonchev–Trinajstić information content (AvgIpc) is 3.34. The van der Waals surface area contributed by atoms with Crippen LogP contribution >= 0.6 is 11.6 Å². The van der Waals surface area contributed by atoms with Gasteiger partial charge in [0.1, 0.15) is 11.5 Å². The molecule has 3 fully saturated rings. The van der Waals surface area contributed by atoms with Gasteiger partial charge < -0.3 is 28.8 Å². The van der Waals surface area contributed by atoms with Crippen LogP contribution in [0.1, 0.15) is 48.1 Å². The van der Waals surface area contributed by atoms with Gasteiger partial charge in [0.15, 0.2) is 11.5 Å². The molecule has 1 N–H and O–H groups in total. The number of imidazole rings is 1. The molecule has 1 saturated carbocycles. The summed E-state index contributed by atoms with van der Waals surface area (Å²) in [5.74, 6) is 0.174. The summed E-state index contributed by atoms with van der Waals surface area (Å²) >= 11 is 6.08. The Labute approximate surface area is 270 Å². The summed E-state index contributed by atoms with van der Waals surface area (Å²) in [6.45, 7) is 5.76. The zero-order chi connectivity index (χ0) is 31.6. The molecule has 12 heteroatoms. The third-order valence-corrected chi connectivity index (χ3v) is 10.1. The van der Waals surface area contributed by atoms with E-state index in [2.05, 4.69) is 31.5 Å². The molecule has 3 aliphatic heterocycles. The van der Waals surface area contributed by atoms with Crippen molar-refractivity contribution < 1.29 is 24.1 Å². The lowest BCUT2D eigenvalue weighted by Crippen LogP contribution is -2.59. The normalized spacial score (nSPS) is 24.6. The molecular weight excluding hydrogens is 608 g/mol. The fraction of sp³-hybridized carbons (Fsp3) is 0.412. The Morgan fingerprint density at radius 2 is 1.98 bits per heavy atom. The van der Waals surface area contributed by atoms with Crippen LogP contribution in [-0.4, -0.2) is 68.9 Å². The second kappa shape index (κ2) is 10.9. The molecule has 0 bridgehead atoms. The zero-order valence-corrected chi connectivity index (χ0v) is 26.1. The number of halogens is 1. The molecule has 0 spiro atoms. The zero-order valence-electron chi connectivity index (χ0n) is 25.4. The highest BCUT2D eigenvalue weighted by molar-refractivity contribution is 6.30. The lowest BCUT2D eigenvalue weighted by molar-refractivity contribution is -0.0716. The van der Waals surface area contributed by atoms with E-state index in [4.69, 9.17) is 30.8 Å². The quantitative estimate of drug-likeness (QED) is 0.274. The predicted octanol–water partition coefficient (Wildman–Crippen LogP) is 5.21. The largest absolute Gasteiger partial charge is 0.478 e. The van der Waals surface area contributed by atoms with Crippen molar-refractivity contribution in [3.05, 3.63) is 76.8 Å². The van der Waals surface area contributed by atoms with E-state index in [1.165, 1.54) is 0 Å². The molecule has 3 atom stereocenters. The van der Waals surface area contributed by atoms with E-state index >= 15 is 0 Å². The lowest BCUT2D eigenvalue weighted by atomic mass is 10.0. The van der Waals surface area contributed by atoms with Crippen molar-refractivity contribution in [2.75, 3.05) is 31.2 Å². The standard InChI is InChI=1S/C34H33ClN6O5/c1-33(29-8-6-22(35)16-37-29)45-28-4-2-3-24(31(28)46-33)40-14-13-39(26-18-44-19-27(26)40)17-30-38-23-7-5-21(32(42)43)15-25(23)41(30)20-34(9-10-34)11-12-36/h2-8,15-16,26-27H,9-11,13-14,17-20H2,1H3,(H,42,43)/t26-,27+,33+/m1/s1. The van der Waals surface area contributed by atoms with Crippen molar-refractivity contribution >= 4 is 34.3 Å². The SMILES string of the molecule is C[C@]1(c2ccc(Cl)cn2)Oc2cccc(N3CCN(Cc4nc5ccc(C(=O)O)cc5n4CC4(CC#N)CC4)[C@@H]4COC[C@@H]43)c2O1. The number of para-hydroxylation sites is 1. The Hall–Kier alpha value is -4.37. The Bertz CT molecular complexity index is 1890. The van der Waals surface area contributed by atoms with Crippen LogP contribution < -0.4 is 14.4 Å². The Kier molecular flexibility index (Phi) is 6.86. The van der Waals surface area contributed by atoms with Crippen LogP contribution in [0.2, 0.25) is 5.02 Å². The molecule has 5 heterocycles. The number of aromatic nitrogens is 3. The number of benzene rings is 2. The van der Waals surface area contributed by atoms with Crippen molar-refractivity contribution in [2.45, 2.75) is 57.1 Å². The minimum Gasteiger partial charge on any atom is -0.478 e. The number of nitriles is 1. The fourth-order valence-electron chi connectivity index (χ4n) is 7.18. The Balaban J connectivity index is 1.08. The van der Waals surface area contributed by atoms with Crippen LogP contribution in [-0.2, 0) is 23.6 Å². The van der Waals surface area contributed by atoms with Crippen molar-refractivity contribution in [1.82, 2.24) is 19.4 Å². The number of anilines is 1. The van der Waals surface area contributed by atoms with Crippen LogP contribution in [0.5, 0.6) is 11.5 Å². The van der Waals surface area contributed by atoms with Crippen LogP contribution in [0.4, 0.5) is 5.69 Å². The summed E-state index contributed by atoms with van der Waals surface area (Å²) in [7, 11) is 0. The first kappa shape index (κ1) is 29.1. The maximum atomic E-state index is 11.8. The van der Waals surface area contributed by atoms with Gasteiger partial charge in [-0.15, -0.1) is 0 Å². The molecule has 0 radical (unpaired) electrons. The van der Waals surface area contributed by atoms with E-state index < -0.39 is 11.8 Å². The van der Waals surface area contributed by atoms with Crippen LogP contribution in [0.3, 0.4) is 0 Å². The van der Waals surface area contributed by atoms with Gasteiger partial charge in [-0.25, -0.2) is 9.78 Å².